The first-order valence-electron chi connectivity index (χ1n) is 11.9. The van der Waals surface area contributed by atoms with Gasteiger partial charge in [0.2, 0.25) is 0 Å². The van der Waals surface area contributed by atoms with Gasteiger partial charge in [-0.3, -0.25) is 4.79 Å². The van der Waals surface area contributed by atoms with Crippen LogP contribution in [0.5, 0.6) is 0 Å². The summed E-state index contributed by atoms with van der Waals surface area (Å²) in [4.78, 5) is 45.1. The summed E-state index contributed by atoms with van der Waals surface area (Å²) in [5, 5.41) is 0. The Bertz CT molecular complexity index is 924. The van der Waals surface area contributed by atoms with Crippen molar-refractivity contribution in [2.45, 2.75) is 91.4 Å². The lowest BCUT2D eigenvalue weighted by Gasteiger charge is -2.33. The lowest BCUT2D eigenvalue weighted by atomic mass is 9.93. The molecular formula is C25H39BrN4O5. The molecule has 10 heteroatoms. The van der Waals surface area contributed by atoms with Crippen LogP contribution in [-0.2, 0) is 9.47 Å². The molecule has 0 aromatic carbocycles. The standard InChI is InChI=1S/C25H39BrN4O5/c1-23(2,3)34-21(32)29(22(33)35-24(4,5)6)13-9-10-16-14-25(7,8)30(15-16)20-17(19(27)31)11-12-18(26)28-20/h11-12,16H,9-10,13-15H2,1-8H3,(H2,27,31)/t16-/m0/s1. The van der Waals surface area contributed by atoms with Crippen LogP contribution in [0, 0.1) is 5.92 Å². The normalized spacial score (nSPS) is 17.7. The van der Waals surface area contributed by atoms with Gasteiger partial charge >= 0.3 is 12.2 Å². The van der Waals surface area contributed by atoms with Crippen LogP contribution in [0.3, 0.4) is 0 Å². The molecule has 0 spiro atoms. The number of nitrogens with two attached hydrogens (primary N) is 1. The highest BCUT2D eigenvalue weighted by atomic mass is 79.9. The Balaban J connectivity index is 2.12. The smallest absolute Gasteiger partial charge is 0.419 e. The molecule has 0 radical (unpaired) electrons. The van der Waals surface area contributed by atoms with Crippen LogP contribution in [-0.4, -0.2) is 57.8 Å². The molecule has 1 aliphatic rings. The highest BCUT2D eigenvalue weighted by Gasteiger charge is 2.40. The number of carbonyl (C=O) groups is 3. The number of aromatic nitrogens is 1. The third-order valence-electron chi connectivity index (χ3n) is 5.54. The van der Waals surface area contributed by atoms with Crippen LogP contribution in [0.1, 0.15) is 85.0 Å². The predicted molar refractivity (Wildman–Crippen MR) is 138 cm³/mol. The molecule has 0 aliphatic carbocycles. The van der Waals surface area contributed by atoms with Crippen LogP contribution in [0.4, 0.5) is 15.4 Å². The number of rotatable bonds is 6. The molecule has 0 saturated carbocycles. The number of amides is 3. The number of halogens is 1. The zero-order chi connectivity index (χ0) is 26.8. The van der Waals surface area contributed by atoms with Crippen molar-refractivity contribution in [3.05, 3.63) is 22.3 Å². The second-order valence-electron chi connectivity index (χ2n) is 11.6. The van der Waals surface area contributed by atoms with Crippen molar-refractivity contribution in [2.24, 2.45) is 11.7 Å². The molecule has 1 aromatic heterocycles. The van der Waals surface area contributed by atoms with Gasteiger partial charge in [-0.2, -0.15) is 0 Å². The maximum atomic E-state index is 12.7. The van der Waals surface area contributed by atoms with Crippen molar-refractivity contribution in [1.29, 1.82) is 0 Å². The third-order valence-corrected chi connectivity index (χ3v) is 5.99. The Kier molecular flexibility index (Phi) is 8.84. The van der Waals surface area contributed by atoms with E-state index in [0.29, 0.717) is 29.0 Å². The molecule has 2 rings (SSSR count). The van der Waals surface area contributed by atoms with E-state index in [1.807, 2.05) is 0 Å². The van der Waals surface area contributed by atoms with Crippen LogP contribution in [0.15, 0.2) is 16.7 Å². The van der Waals surface area contributed by atoms with Crippen molar-refractivity contribution < 1.29 is 23.9 Å². The van der Waals surface area contributed by atoms with Gasteiger partial charge in [-0.15, -0.1) is 0 Å². The Morgan fingerprint density at radius 3 is 2.14 bits per heavy atom. The zero-order valence-corrected chi connectivity index (χ0v) is 23.7. The summed E-state index contributed by atoms with van der Waals surface area (Å²) in [6.45, 7) is 15.6. The summed E-state index contributed by atoms with van der Waals surface area (Å²) >= 11 is 3.39. The average molecular weight is 556 g/mol. The van der Waals surface area contributed by atoms with Crippen LogP contribution < -0.4 is 10.6 Å². The van der Waals surface area contributed by atoms with Gasteiger partial charge in [0.25, 0.3) is 5.91 Å². The van der Waals surface area contributed by atoms with E-state index in [0.717, 1.165) is 17.7 Å². The Morgan fingerprint density at radius 2 is 1.66 bits per heavy atom. The van der Waals surface area contributed by atoms with Gasteiger partial charge in [-0.05, 0) is 109 Å². The van der Waals surface area contributed by atoms with E-state index >= 15 is 0 Å². The summed E-state index contributed by atoms with van der Waals surface area (Å²) < 4.78 is 11.5. The summed E-state index contributed by atoms with van der Waals surface area (Å²) in [5.41, 5.74) is 4.26. The van der Waals surface area contributed by atoms with Crippen molar-refractivity contribution in [3.8, 4) is 0 Å². The minimum atomic E-state index is -0.734. The number of carbonyl (C=O) groups excluding carboxylic acids is 3. The van der Waals surface area contributed by atoms with Crippen molar-refractivity contribution in [2.75, 3.05) is 18.0 Å². The minimum Gasteiger partial charge on any atom is -0.443 e. The van der Waals surface area contributed by atoms with Crippen molar-refractivity contribution in [1.82, 2.24) is 9.88 Å². The Morgan fingerprint density at radius 1 is 1.11 bits per heavy atom. The second-order valence-corrected chi connectivity index (χ2v) is 12.4. The lowest BCUT2D eigenvalue weighted by Crippen LogP contribution is -2.44. The molecule has 2 heterocycles. The lowest BCUT2D eigenvalue weighted by molar-refractivity contribution is 0.00100. The van der Waals surface area contributed by atoms with E-state index in [-0.39, 0.29) is 18.0 Å². The molecule has 2 N–H and O–H groups in total. The van der Waals surface area contributed by atoms with Gasteiger partial charge in [-0.1, -0.05) is 0 Å². The topological polar surface area (TPSA) is 115 Å². The zero-order valence-electron chi connectivity index (χ0n) is 22.1. The molecule has 1 fully saturated rings. The highest BCUT2D eigenvalue weighted by Crippen LogP contribution is 2.39. The number of nitrogens with zero attached hydrogens (tertiary/aromatic N) is 3. The van der Waals surface area contributed by atoms with E-state index in [1.165, 1.54) is 0 Å². The van der Waals surface area contributed by atoms with Crippen LogP contribution >= 0.6 is 15.9 Å². The van der Waals surface area contributed by atoms with Crippen LogP contribution in [0.2, 0.25) is 0 Å². The molecule has 1 aromatic rings. The van der Waals surface area contributed by atoms with E-state index in [1.54, 1.807) is 53.7 Å². The molecule has 1 atom stereocenters. The molecule has 0 unspecified atom stereocenters. The van der Waals surface area contributed by atoms with Gasteiger partial charge in [0.1, 0.15) is 21.6 Å². The van der Waals surface area contributed by atoms with Gasteiger partial charge in [0, 0.05) is 18.6 Å². The van der Waals surface area contributed by atoms with Crippen molar-refractivity contribution >= 4 is 39.8 Å². The number of primary amides is 1. The first-order valence-corrected chi connectivity index (χ1v) is 12.7. The van der Waals surface area contributed by atoms with E-state index < -0.39 is 29.3 Å². The summed E-state index contributed by atoms with van der Waals surface area (Å²) in [6.07, 6.45) is 0.774. The number of pyridine rings is 1. The Hall–Kier alpha value is -2.36. The maximum absolute atomic E-state index is 12.7. The Labute approximate surface area is 216 Å². The molecule has 1 saturated heterocycles. The number of ether oxygens (including phenoxy) is 2. The molecular weight excluding hydrogens is 516 g/mol. The van der Waals surface area contributed by atoms with Crippen molar-refractivity contribution in [3.63, 3.8) is 0 Å². The molecule has 3 amide bonds. The fraction of sp³-hybridized carbons (Fsp3) is 0.680. The van der Waals surface area contributed by atoms with Gasteiger partial charge < -0.3 is 20.1 Å². The SMILES string of the molecule is CC(C)(C)OC(=O)N(CCC[C@@H]1CN(c2nc(Br)ccc2C(N)=O)C(C)(C)C1)C(=O)OC(C)(C)C. The second kappa shape index (κ2) is 10.7. The van der Waals surface area contributed by atoms with E-state index in [4.69, 9.17) is 15.2 Å². The number of hydrogen-bond donors (Lipinski definition) is 1. The number of hydrogen-bond acceptors (Lipinski definition) is 7. The largest absolute Gasteiger partial charge is 0.443 e. The molecule has 196 valence electrons. The molecule has 9 nitrogen and oxygen atoms in total. The number of anilines is 1. The monoisotopic (exact) mass is 554 g/mol. The molecule has 0 bridgehead atoms. The fourth-order valence-corrected chi connectivity index (χ4v) is 4.51. The van der Waals surface area contributed by atoms with Gasteiger partial charge in [0.05, 0.1) is 5.56 Å². The molecule has 35 heavy (non-hydrogen) atoms. The third kappa shape index (κ3) is 8.37. The highest BCUT2D eigenvalue weighted by molar-refractivity contribution is 9.10. The molecule has 1 aliphatic heterocycles. The van der Waals surface area contributed by atoms with E-state index in [2.05, 4.69) is 39.7 Å². The first kappa shape index (κ1) is 28.9. The summed E-state index contributed by atoms with van der Waals surface area (Å²) in [7, 11) is 0. The first-order chi connectivity index (χ1) is 15.9. The average Bonchev–Trinajstić information content (AvgIpc) is 2.95. The quantitative estimate of drug-likeness (QED) is 0.461. The van der Waals surface area contributed by atoms with Gasteiger partial charge in [-0.25, -0.2) is 19.5 Å². The van der Waals surface area contributed by atoms with Crippen LogP contribution in [0.25, 0.3) is 0 Å². The summed E-state index contributed by atoms with van der Waals surface area (Å²) in [6, 6.07) is 3.38. The number of imide groups is 1. The summed E-state index contributed by atoms with van der Waals surface area (Å²) in [5.74, 6) is 0.304. The minimum absolute atomic E-state index is 0.183. The predicted octanol–water partition coefficient (Wildman–Crippen LogP) is 5.50. The maximum Gasteiger partial charge on any atom is 0.419 e. The van der Waals surface area contributed by atoms with E-state index in [9.17, 15) is 14.4 Å². The fourth-order valence-electron chi connectivity index (χ4n) is 4.21. The van der Waals surface area contributed by atoms with Gasteiger partial charge in [0.15, 0.2) is 0 Å².